The van der Waals surface area contributed by atoms with Gasteiger partial charge in [-0.15, -0.1) is 0 Å². The first-order valence-electron chi connectivity index (χ1n) is 6.75. The first kappa shape index (κ1) is 16.1. The molecule has 0 fully saturated rings. The van der Waals surface area contributed by atoms with Crippen molar-refractivity contribution in [1.29, 1.82) is 0 Å². The highest BCUT2D eigenvalue weighted by Gasteiger charge is 2.09. The molecule has 4 heteroatoms. The third kappa shape index (κ3) is 5.68. The Kier molecular flexibility index (Phi) is 6.42. The normalized spacial score (nSPS) is 13.3. The van der Waals surface area contributed by atoms with Crippen molar-refractivity contribution in [3.05, 3.63) is 35.1 Å². The minimum Gasteiger partial charge on any atom is -0.324 e. The van der Waals surface area contributed by atoms with Crippen molar-refractivity contribution in [2.24, 2.45) is 5.73 Å². The molecule has 0 aliphatic rings. The summed E-state index contributed by atoms with van der Waals surface area (Å²) >= 11 is 0. The van der Waals surface area contributed by atoms with Gasteiger partial charge in [0.2, 0.25) is 0 Å². The van der Waals surface area contributed by atoms with Crippen LogP contribution in [0.3, 0.4) is 0 Å². The number of nitrogens with zero attached hydrogens (tertiary/aromatic N) is 2. The zero-order chi connectivity index (χ0) is 14.4. The number of likely N-dealkylation sites (N-methyl/N-ethyl adjacent to an activating group) is 2. The molecule has 0 amide bonds. The monoisotopic (exact) mass is 267 g/mol. The maximum Gasteiger partial charge on any atom is 0.126 e. The standard InChI is InChI=1S/C15H26FN3/c1-12-5-6-13(11-14(12)16)15(17)7-8-19(4)10-9-18(2)3/h5-6,11,15H,7-10,17H2,1-4H3. The number of nitrogens with two attached hydrogens (primary N) is 1. The summed E-state index contributed by atoms with van der Waals surface area (Å²) in [4.78, 5) is 4.41. The molecule has 1 rings (SSSR count). The molecule has 1 unspecified atom stereocenters. The van der Waals surface area contributed by atoms with Gasteiger partial charge < -0.3 is 15.5 Å². The van der Waals surface area contributed by atoms with E-state index in [4.69, 9.17) is 5.73 Å². The third-order valence-corrected chi connectivity index (χ3v) is 3.37. The highest BCUT2D eigenvalue weighted by Crippen LogP contribution is 2.17. The predicted molar refractivity (Wildman–Crippen MR) is 78.7 cm³/mol. The zero-order valence-electron chi connectivity index (χ0n) is 12.5. The highest BCUT2D eigenvalue weighted by atomic mass is 19.1. The summed E-state index contributed by atoms with van der Waals surface area (Å²) in [6.07, 6.45) is 0.840. The van der Waals surface area contributed by atoms with Crippen LogP contribution in [0.2, 0.25) is 0 Å². The second kappa shape index (κ2) is 7.58. The van der Waals surface area contributed by atoms with Crippen LogP contribution in [-0.2, 0) is 0 Å². The van der Waals surface area contributed by atoms with Crippen LogP contribution in [0, 0.1) is 12.7 Å². The zero-order valence-corrected chi connectivity index (χ0v) is 12.5. The second-order valence-corrected chi connectivity index (χ2v) is 5.51. The van der Waals surface area contributed by atoms with Crippen molar-refractivity contribution in [3.8, 4) is 0 Å². The molecule has 1 aromatic rings. The summed E-state index contributed by atoms with van der Waals surface area (Å²) in [6, 6.07) is 5.17. The highest BCUT2D eigenvalue weighted by molar-refractivity contribution is 5.25. The Labute approximate surface area is 116 Å². The Morgan fingerprint density at radius 2 is 1.84 bits per heavy atom. The fourth-order valence-corrected chi connectivity index (χ4v) is 1.85. The largest absolute Gasteiger partial charge is 0.324 e. The van der Waals surface area contributed by atoms with Gasteiger partial charge in [-0.2, -0.15) is 0 Å². The van der Waals surface area contributed by atoms with Crippen LogP contribution >= 0.6 is 0 Å². The Hall–Kier alpha value is -0.970. The molecule has 0 spiro atoms. The predicted octanol–water partition coefficient (Wildman–Crippen LogP) is 2.02. The molecular weight excluding hydrogens is 241 g/mol. The number of hydrogen-bond donors (Lipinski definition) is 1. The number of halogens is 1. The summed E-state index contributed by atoms with van der Waals surface area (Å²) in [5, 5.41) is 0. The maximum absolute atomic E-state index is 13.5. The van der Waals surface area contributed by atoms with E-state index >= 15 is 0 Å². The summed E-state index contributed by atoms with van der Waals surface area (Å²) in [6.45, 7) is 4.73. The van der Waals surface area contributed by atoms with E-state index in [1.807, 2.05) is 6.07 Å². The summed E-state index contributed by atoms with van der Waals surface area (Å²) in [5.41, 5.74) is 7.66. The van der Waals surface area contributed by atoms with E-state index in [1.165, 1.54) is 0 Å². The van der Waals surface area contributed by atoms with E-state index in [-0.39, 0.29) is 11.9 Å². The number of benzene rings is 1. The van der Waals surface area contributed by atoms with Gasteiger partial charge in [0.15, 0.2) is 0 Å². The smallest absolute Gasteiger partial charge is 0.126 e. The van der Waals surface area contributed by atoms with E-state index in [2.05, 4.69) is 30.9 Å². The first-order valence-corrected chi connectivity index (χ1v) is 6.75. The molecule has 1 aromatic carbocycles. The second-order valence-electron chi connectivity index (χ2n) is 5.51. The van der Waals surface area contributed by atoms with Gasteiger partial charge in [0.1, 0.15) is 5.82 Å². The van der Waals surface area contributed by atoms with Crippen LogP contribution in [-0.4, -0.2) is 50.6 Å². The van der Waals surface area contributed by atoms with Gasteiger partial charge in [0.05, 0.1) is 0 Å². The minimum absolute atomic E-state index is 0.100. The topological polar surface area (TPSA) is 32.5 Å². The first-order chi connectivity index (χ1) is 8.90. The van der Waals surface area contributed by atoms with E-state index in [0.717, 1.165) is 31.6 Å². The molecule has 108 valence electrons. The molecule has 0 aromatic heterocycles. The van der Waals surface area contributed by atoms with E-state index in [1.54, 1.807) is 19.1 Å². The fraction of sp³-hybridized carbons (Fsp3) is 0.600. The maximum atomic E-state index is 13.5. The third-order valence-electron chi connectivity index (χ3n) is 3.37. The molecule has 1 atom stereocenters. The molecule has 0 aliphatic carbocycles. The lowest BCUT2D eigenvalue weighted by Gasteiger charge is -2.21. The molecule has 0 radical (unpaired) electrons. The molecule has 0 bridgehead atoms. The van der Waals surface area contributed by atoms with Crippen molar-refractivity contribution in [1.82, 2.24) is 9.80 Å². The number of hydrogen-bond acceptors (Lipinski definition) is 3. The molecule has 3 nitrogen and oxygen atoms in total. The van der Waals surface area contributed by atoms with Crippen LogP contribution < -0.4 is 5.73 Å². The van der Waals surface area contributed by atoms with E-state index < -0.39 is 0 Å². The lowest BCUT2D eigenvalue weighted by molar-refractivity contribution is 0.274. The summed E-state index contributed by atoms with van der Waals surface area (Å²) < 4.78 is 13.5. The van der Waals surface area contributed by atoms with Gasteiger partial charge >= 0.3 is 0 Å². The van der Waals surface area contributed by atoms with Gasteiger partial charge in [-0.25, -0.2) is 4.39 Å². The van der Waals surface area contributed by atoms with Crippen molar-refractivity contribution in [2.75, 3.05) is 40.8 Å². The molecule has 0 heterocycles. The van der Waals surface area contributed by atoms with Crippen molar-refractivity contribution in [3.63, 3.8) is 0 Å². The number of aryl methyl sites for hydroxylation is 1. The molecular formula is C15H26FN3. The minimum atomic E-state index is -0.172. The van der Waals surface area contributed by atoms with Gasteiger partial charge in [-0.1, -0.05) is 12.1 Å². The molecule has 0 saturated heterocycles. The van der Waals surface area contributed by atoms with Crippen LogP contribution in [0.5, 0.6) is 0 Å². The summed E-state index contributed by atoms with van der Waals surface area (Å²) in [5.74, 6) is -0.172. The van der Waals surface area contributed by atoms with Crippen LogP contribution in [0.4, 0.5) is 4.39 Å². The van der Waals surface area contributed by atoms with Gasteiger partial charge in [-0.05, 0) is 58.2 Å². The Balaban J connectivity index is 2.42. The van der Waals surface area contributed by atoms with Gasteiger partial charge in [-0.3, -0.25) is 0 Å². The molecule has 2 N–H and O–H groups in total. The lowest BCUT2D eigenvalue weighted by atomic mass is 10.0. The quantitative estimate of drug-likeness (QED) is 0.820. The lowest BCUT2D eigenvalue weighted by Crippen LogP contribution is -2.30. The molecule has 0 saturated carbocycles. The SMILES string of the molecule is Cc1ccc(C(N)CCN(C)CCN(C)C)cc1F. The Morgan fingerprint density at radius 1 is 1.16 bits per heavy atom. The molecule has 19 heavy (non-hydrogen) atoms. The molecule has 0 aliphatic heterocycles. The fourth-order valence-electron chi connectivity index (χ4n) is 1.85. The van der Waals surface area contributed by atoms with Crippen molar-refractivity contribution in [2.45, 2.75) is 19.4 Å². The average Bonchev–Trinajstić information content (AvgIpc) is 2.36. The van der Waals surface area contributed by atoms with Crippen LogP contribution in [0.25, 0.3) is 0 Å². The summed E-state index contributed by atoms with van der Waals surface area (Å²) in [7, 11) is 6.22. The van der Waals surface area contributed by atoms with Gasteiger partial charge in [0, 0.05) is 19.1 Å². The van der Waals surface area contributed by atoms with Crippen molar-refractivity contribution < 1.29 is 4.39 Å². The Morgan fingerprint density at radius 3 is 2.42 bits per heavy atom. The number of rotatable bonds is 7. The average molecular weight is 267 g/mol. The van der Waals surface area contributed by atoms with E-state index in [0.29, 0.717) is 5.56 Å². The van der Waals surface area contributed by atoms with Crippen LogP contribution in [0.1, 0.15) is 23.6 Å². The van der Waals surface area contributed by atoms with Crippen LogP contribution in [0.15, 0.2) is 18.2 Å². The Bertz CT molecular complexity index is 393. The van der Waals surface area contributed by atoms with Gasteiger partial charge in [0.25, 0.3) is 0 Å². The van der Waals surface area contributed by atoms with Crippen molar-refractivity contribution >= 4 is 0 Å². The van der Waals surface area contributed by atoms with E-state index in [9.17, 15) is 4.39 Å².